The fourth-order valence-corrected chi connectivity index (χ4v) is 3.69. The SMILES string of the molecule is CC(C)NC(=O)c1ccc(Cl)c(NC(=O)[C@H]2CC(=O)N(c3ccc4c(c3)OCO4)C2)c1. The summed E-state index contributed by atoms with van der Waals surface area (Å²) in [6.45, 7) is 4.10. The molecule has 9 heteroatoms. The van der Waals surface area contributed by atoms with Crippen LogP contribution in [-0.4, -0.2) is 37.1 Å². The fraction of sp³-hybridized carbons (Fsp3) is 0.318. The van der Waals surface area contributed by atoms with E-state index in [0.717, 1.165) is 0 Å². The molecule has 0 aliphatic carbocycles. The lowest BCUT2D eigenvalue weighted by atomic mass is 10.1. The molecule has 2 N–H and O–H groups in total. The summed E-state index contributed by atoms with van der Waals surface area (Å²) in [5.41, 5.74) is 1.37. The molecular formula is C22H22ClN3O5. The normalized spacial score (nSPS) is 17.2. The largest absolute Gasteiger partial charge is 0.454 e. The van der Waals surface area contributed by atoms with E-state index in [-0.39, 0.29) is 43.5 Å². The van der Waals surface area contributed by atoms with Gasteiger partial charge >= 0.3 is 0 Å². The van der Waals surface area contributed by atoms with Crippen LogP contribution in [0.4, 0.5) is 11.4 Å². The highest BCUT2D eigenvalue weighted by Gasteiger charge is 2.36. The van der Waals surface area contributed by atoms with E-state index in [2.05, 4.69) is 10.6 Å². The van der Waals surface area contributed by atoms with Gasteiger partial charge in [0.15, 0.2) is 11.5 Å². The first kappa shape index (κ1) is 21.0. The predicted octanol–water partition coefficient (Wildman–Crippen LogP) is 3.20. The zero-order valence-electron chi connectivity index (χ0n) is 17.1. The van der Waals surface area contributed by atoms with Crippen molar-refractivity contribution in [1.29, 1.82) is 0 Å². The summed E-state index contributed by atoms with van der Waals surface area (Å²) in [5.74, 6) is -0.105. The van der Waals surface area contributed by atoms with Crippen LogP contribution in [0.3, 0.4) is 0 Å². The molecule has 0 saturated carbocycles. The first-order valence-electron chi connectivity index (χ1n) is 9.93. The molecule has 3 amide bonds. The molecule has 8 nitrogen and oxygen atoms in total. The third-order valence-electron chi connectivity index (χ3n) is 5.07. The Labute approximate surface area is 184 Å². The van der Waals surface area contributed by atoms with E-state index in [1.807, 2.05) is 13.8 Å². The molecule has 2 heterocycles. The van der Waals surface area contributed by atoms with Crippen LogP contribution in [0.25, 0.3) is 0 Å². The Hall–Kier alpha value is -3.26. The third-order valence-corrected chi connectivity index (χ3v) is 5.40. The smallest absolute Gasteiger partial charge is 0.251 e. The standard InChI is InChI=1S/C22H22ClN3O5/c1-12(2)24-21(28)13-3-5-16(23)17(7-13)25-22(29)14-8-20(27)26(10-14)15-4-6-18-19(9-15)31-11-30-18/h3-7,9,12,14H,8,10-11H2,1-2H3,(H,24,28)(H,25,29)/t14-/m0/s1. The van der Waals surface area contributed by atoms with Crippen molar-refractivity contribution in [1.82, 2.24) is 5.32 Å². The summed E-state index contributed by atoms with van der Waals surface area (Å²) in [4.78, 5) is 39.2. The molecule has 2 aliphatic rings. The van der Waals surface area contributed by atoms with Gasteiger partial charge in [0.05, 0.1) is 16.6 Å². The maximum absolute atomic E-state index is 12.8. The van der Waals surface area contributed by atoms with Crippen molar-refractivity contribution in [2.24, 2.45) is 5.92 Å². The number of amides is 3. The number of benzene rings is 2. The molecule has 0 bridgehead atoms. The van der Waals surface area contributed by atoms with Crippen molar-refractivity contribution in [2.45, 2.75) is 26.3 Å². The van der Waals surface area contributed by atoms with E-state index in [1.165, 1.54) is 6.07 Å². The van der Waals surface area contributed by atoms with E-state index < -0.39 is 5.92 Å². The maximum Gasteiger partial charge on any atom is 0.251 e. The molecule has 1 atom stereocenters. The van der Waals surface area contributed by atoms with Gasteiger partial charge in [-0.2, -0.15) is 0 Å². The Morgan fingerprint density at radius 2 is 1.90 bits per heavy atom. The van der Waals surface area contributed by atoms with Crippen LogP contribution in [0, 0.1) is 5.92 Å². The average Bonchev–Trinajstić information content (AvgIpc) is 3.34. The second kappa shape index (κ2) is 8.47. The predicted molar refractivity (Wildman–Crippen MR) is 116 cm³/mol. The van der Waals surface area contributed by atoms with Crippen LogP contribution in [0.2, 0.25) is 5.02 Å². The lowest BCUT2D eigenvalue weighted by Crippen LogP contribution is -2.30. The molecule has 0 radical (unpaired) electrons. The number of fused-ring (bicyclic) bond motifs is 1. The molecule has 0 spiro atoms. The van der Waals surface area contributed by atoms with Gasteiger partial charge in [0.25, 0.3) is 5.91 Å². The van der Waals surface area contributed by atoms with Gasteiger partial charge in [-0.1, -0.05) is 11.6 Å². The van der Waals surface area contributed by atoms with Crippen molar-refractivity contribution >= 4 is 40.7 Å². The molecule has 0 unspecified atom stereocenters. The number of nitrogens with zero attached hydrogens (tertiary/aromatic N) is 1. The maximum atomic E-state index is 12.8. The van der Waals surface area contributed by atoms with Crippen LogP contribution in [0.15, 0.2) is 36.4 Å². The molecule has 1 saturated heterocycles. The summed E-state index contributed by atoms with van der Waals surface area (Å²) in [7, 11) is 0. The van der Waals surface area contributed by atoms with Crippen molar-refractivity contribution in [3.05, 3.63) is 47.0 Å². The number of carbonyl (C=O) groups is 3. The number of ether oxygens (including phenoxy) is 2. The molecule has 0 aromatic heterocycles. The Morgan fingerprint density at radius 1 is 1.13 bits per heavy atom. The number of carbonyl (C=O) groups excluding carboxylic acids is 3. The summed E-state index contributed by atoms with van der Waals surface area (Å²) in [5, 5.41) is 5.87. The number of hydrogen-bond acceptors (Lipinski definition) is 5. The van der Waals surface area contributed by atoms with Gasteiger partial charge in [0, 0.05) is 36.3 Å². The molecule has 1 fully saturated rings. The third kappa shape index (κ3) is 4.44. The summed E-state index contributed by atoms with van der Waals surface area (Å²) in [6.07, 6.45) is 0.0748. The van der Waals surface area contributed by atoms with Crippen LogP contribution >= 0.6 is 11.6 Å². The number of rotatable bonds is 5. The Kier molecular flexibility index (Phi) is 5.73. The number of anilines is 2. The number of halogens is 1. The van der Waals surface area contributed by atoms with Gasteiger partial charge in [0.1, 0.15) is 0 Å². The molecular weight excluding hydrogens is 422 g/mol. The van der Waals surface area contributed by atoms with Crippen molar-refractivity contribution in [3.8, 4) is 11.5 Å². The van der Waals surface area contributed by atoms with Crippen LogP contribution < -0.4 is 25.0 Å². The van der Waals surface area contributed by atoms with E-state index >= 15 is 0 Å². The lowest BCUT2D eigenvalue weighted by Gasteiger charge is -2.17. The highest BCUT2D eigenvalue weighted by molar-refractivity contribution is 6.34. The van der Waals surface area contributed by atoms with Crippen molar-refractivity contribution in [2.75, 3.05) is 23.6 Å². The Balaban J connectivity index is 1.46. The van der Waals surface area contributed by atoms with Gasteiger partial charge in [-0.15, -0.1) is 0 Å². The number of hydrogen-bond donors (Lipinski definition) is 2. The van der Waals surface area contributed by atoms with Crippen molar-refractivity contribution in [3.63, 3.8) is 0 Å². The first-order chi connectivity index (χ1) is 14.8. The zero-order chi connectivity index (χ0) is 22.1. The second-order valence-electron chi connectivity index (χ2n) is 7.75. The topological polar surface area (TPSA) is 97.0 Å². The second-order valence-corrected chi connectivity index (χ2v) is 8.16. The summed E-state index contributed by atoms with van der Waals surface area (Å²) in [6, 6.07) is 9.90. The average molecular weight is 444 g/mol. The molecule has 4 rings (SSSR count). The minimum absolute atomic E-state index is 0.0205. The fourth-order valence-electron chi connectivity index (χ4n) is 3.53. The Morgan fingerprint density at radius 3 is 2.68 bits per heavy atom. The molecule has 2 aromatic rings. The Bertz CT molecular complexity index is 1060. The molecule has 162 valence electrons. The summed E-state index contributed by atoms with van der Waals surface area (Å²) < 4.78 is 10.7. The van der Waals surface area contributed by atoms with Gasteiger partial charge in [0.2, 0.25) is 18.6 Å². The van der Waals surface area contributed by atoms with Gasteiger partial charge in [-0.25, -0.2) is 0 Å². The first-order valence-corrected chi connectivity index (χ1v) is 10.3. The molecule has 2 aromatic carbocycles. The van der Waals surface area contributed by atoms with Gasteiger partial charge in [-0.3, -0.25) is 14.4 Å². The van der Waals surface area contributed by atoms with Gasteiger partial charge < -0.3 is 25.0 Å². The quantitative estimate of drug-likeness (QED) is 0.739. The van der Waals surface area contributed by atoms with Gasteiger partial charge in [-0.05, 0) is 44.2 Å². The minimum Gasteiger partial charge on any atom is -0.454 e. The van der Waals surface area contributed by atoms with E-state index in [0.29, 0.717) is 33.5 Å². The molecule has 31 heavy (non-hydrogen) atoms. The van der Waals surface area contributed by atoms with E-state index in [1.54, 1.807) is 35.2 Å². The number of nitrogens with one attached hydrogen (secondary N) is 2. The summed E-state index contributed by atoms with van der Waals surface area (Å²) >= 11 is 6.22. The van der Waals surface area contributed by atoms with E-state index in [9.17, 15) is 14.4 Å². The van der Waals surface area contributed by atoms with Crippen molar-refractivity contribution < 1.29 is 23.9 Å². The minimum atomic E-state index is -0.554. The van der Waals surface area contributed by atoms with E-state index in [4.69, 9.17) is 21.1 Å². The van der Waals surface area contributed by atoms with Crippen LogP contribution in [-0.2, 0) is 9.59 Å². The molecule has 2 aliphatic heterocycles. The van der Waals surface area contributed by atoms with Crippen LogP contribution in [0.5, 0.6) is 11.5 Å². The highest BCUT2D eigenvalue weighted by atomic mass is 35.5. The zero-order valence-corrected chi connectivity index (χ0v) is 17.9. The van der Waals surface area contributed by atoms with Crippen LogP contribution in [0.1, 0.15) is 30.6 Å². The monoisotopic (exact) mass is 443 g/mol. The lowest BCUT2D eigenvalue weighted by molar-refractivity contribution is -0.122. The highest BCUT2D eigenvalue weighted by Crippen LogP contribution is 2.37.